The Labute approximate surface area is 102 Å². The lowest BCUT2D eigenvalue weighted by molar-refractivity contribution is 0.134. The van der Waals surface area contributed by atoms with E-state index >= 15 is 0 Å². The van der Waals surface area contributed by atoms with Gasteiger partial charge in [-0.2, -0.15) is 5.26 Å². The Morgan fingerprint density at radius 2 is 2.24 bits per heavy atom. The summed E-state index contributed by atoms with van der Waals surface area (Å²) >= 11 is 0. The SMILES string of the molecule is CCCOCCCNc1nc(C)cc(C#N)n1. The van der Waals surface area contributed by atoms with Gasteiger partial charge in [0, 0.05) is 25.5 Å². The Morgan fingerprint density at radius 3 is 2.94 bits per heavy atom. The monoisotopic (exact) mass is 234 g/mol. The summed E-state index contributed by atoms with van der Waals surface area (Å²) in [6, 6.07) is 3.67. The molecule has 0 saturated heterocycles. The van der Waals surface area contributed by atoms with Crippen LogP contribution in [-0.2, 0) is 4.74 Å². The van der Waals surface area contributed by atoms with Crippen LogP contribution in [0.25, 0.3) is 0 Å². The van der Waals surface area contributed by atoms with E-state index < -0.39 is 0 Å². The molecule has 0 saturated carbocycles. The zero-order chi connectivity index (χ0) is 12.5. The molecule has 92 valence electrons. The second-order valence-electron chi connectivity index (χ2n) is 3.72. The van der Waals surface area contributed by atoms with E-state index in [0.29, 0.717) is 11.6 Å². The average molecular weight is 234 g/mol. The van der Waals surface area contributed by atoms with Crippen molar-refractivity contribution in [1.82, 2.24) is 9.97 Å². The molecule has 1 heterocycles. The maximum atomic E-state index is 8.77. The molecule has 0 atom stereocenters. The summed E-state index contributed by atoms with van der Waals surface area (Å²) < 4.78 is 5.36. The molecule has 5 heteroatoms. The molecule has 0 radical (unpaired) electrons. The Morgan fingerprint density at radius 1 is 1.41 bits per heavy atom. The van der Waals surface area contributed by atoms with Gasteiger partial charge in [0.2, 0.25) is 5.95 Å². The minimum atomic E-state index is 0.391. The van der Waals surface area contributed by atoms with E-state index in [1.54, 1.807) is 6.07 Å². The van der Waals surface area contributed by atoms with Crippen molar-refractivity contribution in [1.29, 1.82) is 5.26 Å². The first-order chi connectivity index (χ1) is 8.26. The molecule has 0 aliphatic heterocycles. The topological polar surface area (TPSA) is 70.8 Å². The van der Waals surface area contributed by atoms with Crippen molar-refractivity contribution in [2.45, 2.75) is 26.7 Å². The zero-order valence-electron chi connectivity index (χ0n) is 10.4. The smallest absolute Gasteiger partial charge is 0.224 e. The second kappa shape index (κ2) is 7.58. The van der Waals surface area contributed by atoms with Crippen LogP contribution < -0.4 is 5.32 Å². The highest BCUT2D eigenvalue weighted by atomic mass is 16.5. The summed E-state index contributed by atoms with van der Waals surface area (Å²) in [5, 5.41) is 11.9. The molecule has 0 aliphatic carbocycles. The van der Waals surface area contributed by atoms with Crippen LogP contribution in [0.1, 0.15) is 31.2 Å². The Bertz CT molecular complexity index is 387. The lowest BCUT2D eigenvalue weighted by atomic mass is 10.3. The fourth-order valence-corrected chi connectivity index (χ4v) is 1.33. The number of rotatable bonds is 7. The molecule has 0 amide bonds. The summed E-state index contributed by atoms with van der Waals surface area (Å²) in [4.78, 5) is 8.26. The number of aryl methyl sites for hydroxylation is 1. The van der Waals surface area contributed by atoms with Crippen LogP contribution in [0.15, 0.2) is 6.07 Å². The zero-order valence-corrected chi connectivity index (χ0v) is 10.4. The number of nitrogens with one attached hydrogen (secondary N) is 1. The predicted molar refractivity (Wildman–Crippen MR) is 65.7 cm³/mol. The van der Waals surface area contributed by atoms with Crippen LogP contribution in [-0.4, -0.2) is 29.7 Å². The molecule has 17 heavy (non-hydrogen) atoms. The molecule has 0 aromatic carbocycles. The number of hydrogen-bond acceptors (Lipinski definition) is 5. The highest BCUT2D eigenvalue weighted by Gasteiger charge is 2.00. The van der Waals surface area contributed by atoms with E-state index in [2.05, 4.69) is 22.2 Å². The van der Waals surface area contributed by atoms with Gasteiger partial charge in [-0.1, -0.05) is 6.92 Å². The number of anilines is 1. The van der Waals surface area contributed by atoms with Gasteiger partial charge in [-0.3, -0.25) is 0 Å². The molecule has 1 N–H and O–H groups in total. The molecule has 0 fully saturated rings. The first kappa shape index (κ1) is 13.4. The Balaban J connectivity index is 2.32. The summed E-state index contributed by atoms with van der Waals surface area (Å²) in [7, 11) is 0. The largest absolute Gasteiger partial charge is 0.381 e. The lowest BCUT2D eigenvalue weighted by Crippen LogP contribution is -2.09. The molecule has 1 rings (SSSR count). The molecule has 0 spiro atoms. The number of nitrogens with zero attached hydrogens (tertiary/aromatic N) is 3. The predicted octanol–water partition coefficient (Wildman–Crippen LogP) is 1.89. The van der Waals surface area contributed by atoms with Gasteiger partial charge < -0.3 is 10.1 Å². The molecule has 0 aliphatic rings. The fourth-order valence-electron chi connectivity index (χ4n) is 1.33. The standard InChI is InChI=1S/C12H18N4O/c1-3-6-17-7-4-5-14-12-15-10(2)8-11(9-13)16-12/h8H,3-7H2,1-2H3,(H,14,15,16). The Hall–Kier alpha value is -1.67. The van der Waals surface area contributed by atoms with E-state index in [4.69, 9.17) is 10.00 Å². The van der Waals surface area contributed by atoms with Crippen molar-refractivity contribution >= 4 is 5.95 Å². The summed E-state index contributed by atoms with van der Waals surface area (Å²) in [5.74, 6) is 0.511. The van der Waals surface area contributed by atoms with Gasteiger partial charge in [-0.05, 0) is 25.8 Å². The van der Waals surface area contributed by atoms with Crippen molar-refractivity contribution in [3.05, 3.63) is 17.5 Å². The third-order valence-corrected chi connectivity index (χ3v) is 2.07. The molecule has 0 bridgehead atoms. The normalized spacial score (nSPS) is 9.94. The van der Waals surface area contributed by atoms with Gasteiger partial charge >= 0.3 is 0 Å². The third-order valence-electron chi connectivity index (χ3n) is 2.07. The van der Waals surface area contributed by atoms with Crippen LogP contribution in [0.5, 0.6) is 0 Å². The molecule has 1 aromatic rings. The van der Waals surface area contributed by atoms with Crippen LogP contribution >= 0.6 is 0 Å². The van der Waals surface area contributed by atoms with Crippen LogP contribution in [0.3, 0.4) is 0 Å². The van der Waals surface area contributed by atoms with Crippen LogP contribution in [0.4, 0.5) is 5.95 Å². The molecule has 1 aromatic heterocycles. The van der Waals surface area contributed by atoms with Gasteiger partial charge in [-0.15, -0.1) is 0 Å². The fraction of sp³-hybridized carbons (Fsp3) is 0.583. The lowest BCUT2D eigenvalue weighted by Gasteiger charge is -2.06. The Kier molecular flexibility index (Phi) is 5.97. The van der Waals surface area contributed by atoms with Crippen molar-refractivity contribution in [3.63, 3.8) is 0 Å². The van der Waals surface area contributed by atoms with Gasteiger partial charge in [-0.25, -0.2) is 9.97 Å². The highest BCUT2D eigenvalue weighted by Crippen LogP contribution is 2.03. The minimum Gasteiger partial charge on any atom is -0.381 e. The molecule has 0 unspecified atom stereocenters. The van der Waals surface area contributed by atoms with E-state index in [0.717, 1.165) is 38.3 Å². The molecular formula is C12H18N4O. The van der Waals surface area contributed by atoms with Gasteiger partial charge in [0.15, 0.2) is 0 Å². The van der Waals surface area contributed by atoms with E-state index in [1.165, 1.54) is 0 Å². The number of ether oxygens (including phenoxy) is 1. The maximum absolute atomic E-state index is 8.77. The number of aromatic nitrogens is 2. The first-order valence-electron chi connectivity index (χ1n) is 5.83. The summed E-state index contributed by atoms with van der Waals surface area (Å²) in [5.41, 5.74) is 1.18. The van der Waals surface area contributed by atoms with Crippen molar-refractivity contribution < 1.29 is 4.74 Å². The molecular weight excluding hydrogens is 216 g/mol. The third kappa shape index (κ3) is 5.27. The van der Waals surface area contributed by atoms with Gasteiger partial charge in [0.1, 0.15) is 11.8 Å². The van der Waals surface area contributed by atoms with Gasteiger partial charge in [0.25, 0.3) is 0 Å². The second-order valence-corrected chi connectivity index (χ2v) is 3.72. The van der Waals surface area contributed by atoms with E-state index in [-0.39, 0.29) is 0 Å². The summed E-state index contributed by atoms with van der Waals surface area (Å²) in [6.07, 6.45) is 1.94. The summed E-state index contributed by atoms with van der Waals surface area (Å²) in [6.45, 7) is 6.22. The van der Waals surface area contributed by atoms with Crippen LogP contribution in [0, 0.1) is 18.3 Å². The van der Waals surface area contributed by atoms with Gasteiger partial charge in [0.05, 0.1) is 0 Å². The maximum Gasteiger partial charge on any atom is 0.224 e. The van der Waals surface area contributed by atoms with Crippen molar-refractivity contribution in [2.75, 3.05) is 25.1 Å². The number of nitriles is 1. The van der Waals surface area contributed by atoms with Crippen LogP contribution in [0.2, 0.25) is 0 Å². The number of hydrogen-bond donors (Lipinski definition) is 1. The van der Waals surface area contributed by atoms with E-state index in [1.807, 2.05) is 13.0 Å². The van der Waals surface area contributed by atoms with Crippen molar-refractivity contribution in [2.24, 2.45) is 0 Å². The minimum absolute atomic E-state index is 0.391. The van der Waals surface area contributed by atoms with E-state index in [9.17, 15) is 0 Å². The highest BCUT2D eigenvalue weighted by molar-refractivity contribution is 5.32. The van der Waals surface area contributed by atoms with Crippen molar-refractivity contribution in [3.8, 4) is 6.07 Å². The average Bonchev–Trinajstić information content (AvgIpc) is 2.33. The quantitative estimate of drug-likeness (QED) is 0.729. The first-order valence-corrected chi connectivity index (χ1v) is 5.83. The molecule has 5 nitrogen and oxygen atoms in total.